The average Bonchev–Trinajstić information content (AvgIpc) is 3.37. The Morgan fingerprint density at radius 1 is 1.26 bits per heavy atom. The SMILES string of the molecule is CC1=C(C(=O)NCc2ccc(N3CCCC3)nc2)C(C)n2ncnc2N1C. The molecule has 1 atom stereocenters. The van der Waals surface area contributed by atoms with E-state index in [-0.39, 0.29) is 11.9 Å². The number of hydrogen-bond acceptors (Lipinski definition) is 6. The molecule has 4 rings (SSSR count). The van der Waals surface area contributed by atoms with Crippen LogP contribution in [0.1, 0.15) is 38.3 Å². The molecule has 1 N–H and O–H groups in total. The van der Waals surface area contributed by atoms with Gasteiger partial charge in [0.15, 0.2) is 0 Å². The Morgan fingerprint density at radius 2 is 2.04 bits per heavy atom. The predicted molar refractivity (Wildman–Crippen MR) is 103 cm³/mol. The van der Waals surface area contributed by atoms with Crippen LogP contribution in [0, 0.1) is 0 Å². The number of nitrogens with zero attached hydrogens (tertiary/aromatic N) is 6. The molecule has 8 nitrogen and oxygen atoms in total. The van der Waals surface area contributed by atoms with Gasteiger partial charge in [0.05, 0.1) is 11.6 Å². The van der Waals surface area contributed by atoms with E-state index in [9.17, 15) is 4.79 Å². The zero-order valence-corrected chi connectivity index (χ0v) is 16.0. The van der Waals surface area contributed by atoms with Crippen molar-refractivity contribution in [1.82, 2.24) is 25.1 Å². The van der Waals surface area contributed by atoms with Crippen LogP contribution in [0.2, 0.25) is 0 Å². The monoisotopic (exact) mass is 367 g/mol. The first-order chi connectivity index (χ1) is 13.1. The van der Waals surface area contributed by atoms with Gasteiger partial charge in [-0.05, 0) is 38.3 Å². The summed E-state index contributed by atoms with van der Waals surface area (Å²) in [4.78, 5) is 25.9. The van der Waals surface area contributed by atoms with Crippen molar-refractivity contribution in [1.29, 1.82) is 0 Å². The van der Waals surface area contributed by atoms with E-state index in [2.05, 4.69) is 25.3 Å². The molecule has 1 amide bonds. The maximum absolute atomic E-state index is 12.9. The summed E-state index contributed by atoms with van der Waals surface area (Å²) < 4.78 is 1.77. The van der Waals surface area contributed by atoms with E-state index in [1.54, 1.807) is 4.68 Å². The number of nitrogens with one attached hydrogen (secondary N) is 1. The molecule has 0 bridgehead atoms. The van der Waals surface area contributed by atoms with Gasteiger partial charge in [0, 0.05) is 38.6 Å². The number of hydrogen-bond donors (Lipinski definition) is 1. The van der Waals surface area contributed by atoms with E-state index in [1.165, 1.54) is 19.2 Å². The fraction of sp³-hybridized carbons (Fsp3) is 0.474. The normalized spacial score (nSPS) is 19.4. The van der Waals surface area contributed by atoms with Gasteiger partial charge in [0.2, 0.25) is 5.95 Å². The number of aromatic nitrogens is 4. The highest BCUT2D eigenvalue weighted by molar-refractivity contribution is 5.96. The van der Waals surface area contributed by atoms with Crippen LogP contribution in [-0.4, -0.2) is 45.8 Å². The number of pyridine rings is 1. The Labute approximate surface area is 158 Å². The predicted octanol–water partition coefficient (Wildman–Crippen LogP) is 1.87. The molecule has 0 radical (unpaired) electrons. The number of amides is 1. The fourth-order valence-corrected chi connectivity index (χ4v) is 3.80. The first kappa shape index (κ1) is 17.5. The van der Waals surface area contributed by atoms with Gasteiger partial charge >= 0.3 is 0 Å². The first-order valence-corrected chi connectivity index (χ1v) is 9.38. The molecule has 142 valence electrons. The quantitative estimate of drug-likeness (QED) is 0.889. The molecule has 0 aromatic carbocycles. The second-order valence-electron chi connectivity index (χ2n) is 7.14. The van der Waals surface area contributed by atoms with Crippen LogP contribution < -0.4 is 15.1 Å². The minimum absolute atomic E-state index is 0.0865. The van der Waals surface area contributed by atoms with Gasteiger partial charge in [-0.3, -0.25) is 4.79 Å². The average molecular weight is 367 g/mol. The van der Waals surface area contributed by atoms with Crippen LogP contribution in [0.3, 0.4) is 0 Å². The van der Waals surface area contributed by atoms with Crippen molar-refractivity contribution >= 4 is 17.7 Å². The lowest BCUT2D eigenvalue weighted by Crippen LogP contribution is -2.36. The highest BCUT2D eigenvalue weighted by Gasteiger charge is 2.31. The lowest BCUT2D eigenvalue weighted by atomic mass is 10.0. The number of carbonyl (C=O) groups excluding carboxylic acids is 1. The molecular formula is C19H25N7O. The Bertz CT molecular complexity index is 864. The molecule has 4 heterocycles. The number of rotatable bonds is 4. The minimum atomic E-state index is -0.158. The summed E-state index contributed by atoms with van der Waals surface area (Å²) in [5, 5.41) is 7.28. The molecule has 2 aliphatic rings. The Morgan fingerprint density at radius 3 is 2.74 bits per heavy atom. The van der Waals surface area contributed by atoms with Gasteiger partial charge < -0.3 is 15.1 Å². The Kier molecular flexibility index (Phi) is 4.55. The van der Waals surface area contributed by atoms with Crippen LogP contribution in [-0.2, 0) is 11.3 Å². The summed E-state index contributed by atoms with van der Waals surface area (Å²) in [6.07, 6.45) is 5.83. The summed E-state index contributed by atoms with van der Waals surface area (Å²) >= 11 is 0. The third kappa shape index (κ3) is 3.15. The summed E-state index contributed by atoms with van der Waals surface area (Å²) in [5.41, 5.74) is 2.59. The van der Waals surface area contributed by atoms with E-state index in [1.807, 2.05) is 44.1 Å². The van der Waals surface area contributed by atoms with E-state index < -0.39 is 0 Å². The van der Waals surface area contributed by atoms with E-state index >= 15 is 0 Å². The zero-order valence-electron chi connectivity index (χ0n) is 16.0. The van der Waals surface area contributed by atoms with E-state index in [0.29, 0.717) is 12.1 Å². The molecule has 27 heavy (non-hydrogen) atoms. The molecule has 0 aliphatic carbocycles. The molecule has 8 heteroatoms. The van der Waals surface area contributed by atoms with Gasteiger partial charge in [-0.1, -0.05) is 6.07 Å². The summed E-state index contributed by atoms with van der Waals surface area (Å²) in [7, 11) is 1.90. The van der Waals surface area contributed by atoms with E-state index in [4.69, 9.17) is 0 Å². The van der Waals surface area contributed by atoms with Crippen molar-refractivity contribution in [3.63, 3.8) is 0 Å². The summed E-state index contributed by atoms with van der Waals surface area (Å²) in [6, 6.07) is 3.92. The number of allylic oxidation sites excluding steroid dienone is 1. The van der Waals surface area contributed by atoms with Crippen LogP contribution in [0.4, 0.5) is 11.8 Å². The molecule has 1 saturated heterocycles. The smallest absolute Gasteiger partial charge is 0.251 e. The van der Waals surface area contributed by atoms with Gasteiger partial charge in [0.1, 0.15) is 12.1 Å². The number of carbonyl (C=O) groups is 1. The topological polar surface area (TPSA) is 79.2 Å². The van der Waals surface area contributed by atoms with Crippen LogP contribution in [0.15, 0.2) is 35.9 Å². The second kappa shape index (κ2) is 7.02. The molecule has 1 fully saturated rings. The minimum Gasteiger partial charge on any atom is -0.357 e. The molecule has 2 aliphatic heterocycles. The fourth-order valence-electron chi connectivity index (χ4n) is 3.80. The Hall–Kier alpha value is -2.90. The zero-order chi connectivity index (χ0) is 19.0. The highest BCUT2D eigenvalue weighted by atomic mass is 16.1. The van der Waals surface area contributed by atoms with Crippen LogP contribution >= 0.6 is 0 Å². The molecule has 2 aromatic heterocycles. The van der Waals surface area contributed by atoms with Crippen LogP contribution in [0.25, 0.3) is 0 Å². The third-order valence-corrected chi connectivity index (χ3v) is 5.47. The number of anilines is 2. The molecule has 0 spiro atoms. The number of fused-ring (bicyclic) bond motifs is 1. The second-order valence-corrected chi connectivity index (χ2v) is 7.14. The maximum Gasteiger partial charge on any atom is 0.251 e. The van der Waals surface area contributed by atoms with Crippen molar-refractivity contribution in [2.75, 3.05) is 29.9 Å². The van der Waals surface area contributed by atoms with Crippen molar-refractivity contribution in [3.8, 4) is 0 Å². The molecule has 2 aromatic rings. The largest absolute Gasteiger partial charge is 0.357 e. The highest BCUT2D eigenvalue weighted by Crippen LogP contribution is 2.32. The van der Waals surface area contributed by atoms with Gasteiger partial charge in [-0.2, -0.15) is 10.1 Å². The van der Waals surface area contributed by atoms with Crippen molar-refractivity contribution in [2.45, 2.75) is 39.3 Å². The van der Waals surface area contributed by atoms with Crippen molar-refractivity contribution < 1.29 is 4.79 Å². The van der Waals surface area contributed by atoms with Gasteiger partial charge in [0.25, 0.3) is 5.91 Å². The third-order valence-electron chi connectivity index (χ3n) is 5.47. The lowest BCUT2D eigenvalue weighted by Gasteiger charge is -2.31. The lowest BCUT2D eigenvalue weighted by molar-refractivity contribution is -0.118. The van der Waals surface area contributed by atoms with Gasteiger partial charge in [-0.15, -0.1) is 0 Å². The molecule has 0 saturated carbocycles. The standard InChI is InChI=1S/C19H25N7O/c1-13-17(14(2)26-19(24(13)3)22-12-23-26)18(27)21-11-15-6-7-16(20-10-15)25-8-4-5-9-25/h6-7,10,12,14H,4-5,8-9,11H2,1-3H3,(H,21,27). The van der Waals surface area contributed by atoms with Gasteiger partial charge in [-0.25, -0.2) is 9.67 Å². The Balaban J connectivity index is 1.44. The summed E-state index contributed by atoms with van der Waals surface area (Å²) in [5.74, 6) is 1.68. The molecular weight excluding hydrogens is 342 g/mol. The summed E-state index contributed by atoms with van der Waals surface area (Å²) in [6.45, 7) is 6.51. The molecule has 1 unspecified atom stereocenters. The van der Waals surface area contributed by atoms with Crippen molar-refractivity contribution in [3.05, 3.63) is 41.5 Å². The van der Waals surface area contributed by atoms with E-state index in [0.717, 1.165) is 36.1 Å². The maximum atomic E-state index is 12.9. The van der Waals surface area contributed by atoms with Crippen molar-refractivity contribution in [2.24, 2.45) is 0 Å². The van der Waals surface area contributed by atoms with Crippen LogP contribution in [0.5, 0.6) is 0 Å². The first-order valence-electron chi connectivity index (χ1n) is 9.38.